The van der Waals surface area contributed by atoms with Crippen LogP contribution in [0, 0.1) is 11.3 Å². The number of fused-ring (bicyclic) bond motifs is 3. The lowest BCUT2D eigenvalue weighted by molar-refractivity contribution is -0.138. The zero-order chi connectivity index (χ0) is 27.6. The third kappa shape index (κ3) is 5.79. The van der Waals surface area contributed by atoms with Crippen molar-refractivity contribution in [1.82, 2.24) is 9.47 Å². The molecule has 4 rings (SSSR count). The molecule has 0 fully saturated rings. The van der Waals surface area contributed by atoms with Crippen LogP contribution in [0.4, 0.5) is 5.69 Å². The molecule has 0 radical (unpaired) electrons. The third-order valence-electron chi connectivity index (χ3n) is 7.15. The molecule has 2 unspecified atom stereocenters. The highest BCUT2D eigenvalue weighted by atomic mass is 16.5. The van der Waals surface area contributed by atoms with Crippen LogP contribution in [0.2, 0.25) is 0 Å². The quantitative estimate of drug-likeness (QED) is 0.339. The van der Waals surface area contributed by atoms with Crippen LogP contribution in [0.3, 0.4) is 0 Å². The maximum absolute atomic E-state index is 14.2. The Hall–Kier alpha value is -3.54. The Morgan fingerprint density at radius 3 is 2.21 bits per heavy atom. The molecule has 2 atom stereocenters. The number of nitrogens with zero attached hydrogens (tertiary/aromatic N) is 3. The zero-order valence-electron chi connectivity index (χ0n) is 23.8. The number of rotatable bonds is 8. The molecular weight excluding hydrogens is 474 g/mol. The van der Waals surface area contributed by atoms with E-state index in [4.69, 9.17) is 4.74 Å². The lowest BCUT2D eigenvalue weighted by atomic mass is 9.84. The van der Waals surface area contributed by atoms with Gasteiger partial charge in [-0.05, 0) is 73.6 Å². The van der Waals surface area contributed by atoms with Crippen molar-refractivity contribution in [2.45, 2.75) is 66.5 Å². The second kappa shape index (κ2) is 11.1. The second-order valence-electron chi connectivity index (χ2n) is 11.9. The van der Waals surface area contributed by atoms with Crippen molar-refractivity contribution < 1.29 is 14.3 Å². The summed E-state index contributed by atoms with van der Waals surface area (Å²) in [5.41, 5.74) is 3.92. The average molecular weight is 516 g/mol. The Morgan fingerprint density at radius 2 is 1.61 bits per heavy atom. The van der Waals surface area contributed by atoms with E-state index in [0.717, 1.165) is 34.8 Å². The van der Waals surface area contributed by atoms with Gasteiger partial charge in [0.15, 0.2) is 0 Å². The summed E-state index contributed by atoms with van der Waals surface area (Å²) in [7, 11) is 1.65. The largest absolute Gasteiger partial charge is 0.497 e. The van der Waals surface area contributed by atoms with Crippen molar-refractivity contribution in [2.24, 2.45) is 11.3 Å². The van der Waals surface area contributed by atoms with Crippen molar-refractivity contribution in [3.05, 3.63) is 78.1 Å². The van der Waals surface area contributed by atoms with Gasteiger partial charge < -0.3 is 14.2 Å². The molecule has 0 aliphatic carbocycles. The number of methoxy groups -OCH3 is 1. The van der Waals surface area contributed by atoms with E-state index in [1.165, 1.54) is 0 Å². The first kappa shape index (κ1) is 27.5. The molecule has 1 aliphatic rings. The minimum Gasteiger partial charge on any atom is -0.497 e. The summed E-state index contributed by atoms with van der Waals surface area (Å²) < 4.78 is 7.53. The normalized spacial score (nSPS) is 15.6. The second-order valence-corrected chi connectivity index (χ2v) is 11.9. The third-order valence-corrected chi connectivity index (χ3v) is 7.15. The maximum atomic E-state index is 14.2. The Morgan fingerprint density at radius 1 is 0.947 bits per heavy atom. The van der Waals surface area contributed by atoms with Gasteiger partial charge >= 0.3 is 0 Å². The van der Waals surface area contributed by atoms with E-state index in [-0.39, 0.29) is 41.8 Å². The van der Waals surface area contributed by atoms with Gasteiger partial charge in [-0.3, -0.25) is 14.5 Å². The Labute approximate surface area is 227 Å². The molecule has 1 aromatic heterocycles. The van der Waals surface area contributed by atoms with Gasteiger partial charge in [0.1, 0.15) is 18.3 Å². The number of amides is 2. The zero-order valence-corrected chi connectivity index (χ0v) is 23.8. The van der Waals surface area contributed by atoms with Crippen LogP contribution in [0.15, 0.2) is 66.9 Å². The van der Waals surface area contributed by atoms with Crippen LogP contribution in [-0.4, -0.2) is 41.0 Å². The van der Waals surface area contributed by atoms with Crippen molar-refractivity contribution in [3.63, 3.8) is 0 Å². The average Bonchev–Trinajstić information content (AvgIpc) is 3.35. The smallest absolute Gasteiger partial charge is 0.247 e. The number of anilines is 1. The molecule has 3 aromatic rings. The van der Waals surface area contributed by atoms with Crippen LogP contribution < -0.4 is 9.64 Å². The van der Waals surface area contributed by atoms with Crippen molar-refractivity contribution in [2.75, 3.05) is 18.6 Å². The Kier molecular flexibility index (Phi) is 8.00. The highest BCUT2D eigenvalue weighted by Crippen LogP contribution is 2.42. The van der Waals surface area contributed by atoms with Crippen LogP contribution in [0.5, 0.6) is 5.75 Å². The van der Waals surface area contributed by atoms with Crippen LogP contribution >= 0.6 is 0 Å². The SMILES string of the molecule is COc1ccc(C2c3cccn3-c3ccccc3N2C(=O)CN(C(=O)CC(C)CC(C)(C)C)C(C)C)cc1. The van der Waals surface area contributed by atoms with E-state index < -0.39 is 0 Å². The summed E-state index contributed by atoms with van der Waals surface area (Å²) in [6.07, 6.45) is 3.42. The van der Waals surface area contributed by atoms with Gasteiger partial charge in [0, 0.05) is 18.7 Å². The fraction of sp³-hybridized carbons (Fsp3) is 0.438. The lowest BCUT2D eigenvalue weighted by Crippen LogP contribution is -2.49. The standard InChI is InChI=1S/C32H41N3O3/c1-22(2)34(29(36)19-23(3)20-32(4,5)6)21-30(37)35-27-12-9-8-11-26(27)33-18-10-13-28(33)31(35)24-14-16-25(38-7)17-15-24/h8-18,22-23,31H,19-21H2,1-7H3. The number of benzene rings is 2. The van der Waals surface area contributed by atoms with E-state index in [9.17, 15) is 9.59 Å². The molecule has 0 spiro atoms. The van der Waals surface area contributed by atoms with E-state index in [0.29, 0.717) is 6.42 Å². The summed E-state index contributed by atoms with van der Waals surface area (Å²) >= 11 is 0. The topological polar surface area (TPSA) is 54.8 Å². The van der Waals surface area contributed by atoms with Crippen LogP contribution in [-0.2, 0) is 9.59 Å². The summed E-state index contributed by atoms with van der Waals surface area (Å²) in [5.74, 6) is 0.931. The maximum Gasteiger partial charge on any atom is 0.247 e. The van der Waals surface area contributed by atoms with Gasteiger partial charge in [-0.2, -0.15) is 0 Å². The first-order valence-electron chi connectivity index (χ1n) is 13.5. The van der Waals surface area contributed by atoms with E-state index in [1.54, 1.807) is 12.0 Å². The summed E-state index contributed by atoms with van der Waals surface area (Å²) in [4.78, 5) is 31.3. The molecule has 0 N–H and O–H groups in total. The molecule has 1 aliphatic heterocycles. The summed E-state index contributed by atoms with van der Waals surface area (Å²) in [5, 5.41) is 0. The molecule has 6 nitrogen and oxygen atoms in total. The molecule has 2 amide bonds. The monoisotopic (exact) mass is 515 g/mol. The molecule has 0 saturated carbocycles. The summed E-state index contributed by atoms with van der Waals surface area (Å²) in [6, 6.07) is 19.5. The number of aromatic nitrogens is 1. The summed E-state index contributed by atoms with van der Waals surface area (Å²) in [6.45, 7) is 12.7. The lowest BCUT2D eigenvalue weighted by Gasteiger charge is -2.40. The molecule has 202 valence electrons. The molecule has 6 heteroatoms. The Balaban J connectivity index is 1.69. The minimum atomic E-state index is -0.331. The van der Waals surface area contributed by atoms with Crippen LogP contribution in [0.25, 0.3) is 5.69 Å². The van der Waals surface area contributed by atoms with Gasteiger partial charge in [0.2, 0.25) is 11.8 Å². The first-order valence-corrected chi connectivity index (χ1v) is 13.5. The fourth-order valence-electron chi connectivity index (χ4n) is 5.68. The molecule has 2 aromatic carbocycles. The number of hydrogen-bond acceptors (Lipinski definition) is 3. The first-order chi connectivity index (χ1) is 18.0. The van der Waals surface area contributed by atoms with E-state index in [1.807, 2.05) is 79.5 Å². The van der Waals surface area contributed by atoms with Gasteiger partial charge in [-0.15, -0.1) is 0 Å². The number of carbonyl (C=O) groups is 2. The molecular formula is C32H41N3O3. The molecule has 38 heavy (non-hydrogen) atoms. The highest BCUT2D eigenvalue weighted by molar-refractivity contribution is 6.00. The van der Waals surface area contributed by atoms with E-state index >= 15 is 0 Å². The van der Waals surface area contributed by atoms with E-state index in [2.05, 4.69) is 38.3 Å². The number of para-hydroxylation sites is 2. The predicted octanol–water partition coefficient (Wildman–Crippen LogP) is 6.62. The van der Waals surface area contributed by atoms with Crippen molar-refractivity contribution in [3.8, 4) is 11.4 Å². The number of hydrogen-bond donors (Lipinski definition) is 0. The minimum absolute atomic E-state index is 0.0276. The predicted molar refractivity (Wildman–Crippen MR) is 153 cm³/mol. The van der Waals surface area contributed by atoms with Crippen molar-refractivity contribution >= 4 is 17.5 Å². The highest BCUT2D eigenvalue weighted by Gasteiger charge is 2.37. The van der Waals surface area contributed by atoms with Gasteiger partial charge in [0.25, 0.3) is 0 Å². The van der Waals surface area contributed by atoms with Gasteiger partial charge in [0.05, 0.1) is 24.2 Å². The Bertz CT molecular complexity index is 1270. The van der Waals surface area contributed by atoms with Crippen molar-refractivity contribution in [1.29, 1.82) is 0 Å². The number of carbonyl (C=O) groups excluding carboxylic acids is 2. The fourth-order valence-corrected chi connectivity index (χ4v) is 5.68. The molecule has 0 saturated heterocycles. The van der Waals surface area contributed by atoms with Gasteiger partial charge in [-0.1, -0.05) is 52.0 Å². The molecule has 2 heterocycles. The number of ether oxygens (including phenoxy) is 1. The van der Waals surface area contributed by atoms with Gasteiger partial charge in [-0.25, -0.2) is 0 Å². The molecule has 0 bridgehead atoms. The van der Waals surface area contributed by atoms with Crippen LogP contribution in [0.1, 0.15) is 71.7 Å².